The molecule has 2 rings (SSSR count). The molecule has 0 aliphatic carbocycles. The van der Waals surface area contributed by atoms with Crippen LogP contribution in [0.15, 0.2) is 23.1 Å². The molecule has 1 aromatic carbocycles. The fraction of sp³-hybridized carbons (Fsp3) is 0.562. The standard InChI is InChI=1S/C16H25N3O4S.ClH/c1-12(20)18-9-13-4-5-14(23-3)15(8-13)24(21,22)19-7-6-16(2,10-17)11-19;/h4-5,8H,6-7,9-11,17H2,1-3H3,(H,18,20);1H. The van der Waals surface area contributed by atoms with Crippen LogP contribution in [-0.2, 0) is 21.4 Å². The number of hydrogen-bond donors (Lipinski definition) is 2. The van der Waals surface area contributed by atoms with E-state index in [-0.39, 0.29) is 35.2 Å². The summed E-state index contributed by atoms with van der Waals surface area (Å²) in [5.74, 6) is 0.122. The number of rotatable bonds is 6. The topological polar surface area (TPSA) is 102 Å². The lowest BCUT2D eigenvalue weighted by Crippen LogP contribution is -2.34. The molecule has 1 saturated heterocycles. The van der Waals surface area contributed by atoms with Crippen LogP contribution in [0.1, 0.15) is 25.8 Å². The summed E-state index contributed by atoms with van der Waals surface area (Å²) in [7, 11) is -2.24. The number of hydrogen-bond acceptors (Lipinski definition) is 5. The molecule has 1 fully saturated rings. The zero-order valence-corrected chi connectivity index (χ0v) is 16.4. The van der Waals surface area contributed by atoms with Crippen LogP contribution >= 0.6 is 12.4 Å². The number of carbonyl (C=O) groups excluding carboxylic acids is 1. The first-order valence-corrected chi connectivity index (χ1v) is 9.27. The second-order valence-corrected chi connectivity index (χ2v) is 8.40. The van der Waals surface area contributed by atoms with Crippen LogP contribution < -0.4 is 15.8 Å². The normalized spacial score (nSPS) is 20.8. The van der Waals surface area contributed by atoms with E-state index in [2.05, 4.69) is 5.32 Å². The smallest absolute Gasteiger partial charge is 0.246 e. The second-order valence-electron chi connectivity index (χ2n) is 6.50. The Kier molecular flexibility index (Phi) is 7.25. The van der Waals surface area contributed by atoms with Gasteiger partial charge >= 0.3 is 0 Å². The molecular formula is C16H26ClN3O4S. The first-order chi connectivity index (χ1) is 11.2. The van der Waals surface area contributed by atoms with E-state index in [1.165, 1.54) is 18.3 Å². The van der Waals surface area contributed by atoms with Gasteiger partial charge in [0.2, 0.25) is 15.9 Å². The van der Waals surface area contributed by atoms with Crippen molar-refractivity contribution in [3.05, 3.63) is 23.8 Å². The van der Waals surface area contributed by atoms with Crippen molar-refractivity contribution in [3.63, 3.8) is 0 Å². The van der Waals surface area contributed by atoms with Crippen molar-refractivity contribution in [2.45, 2.75) is 31.7 Å². The van der Waals surface area contributed by atoms with Gasteiger partial charge in [-0.05, 0) is 36.1 Å². The molecule has 1 heterocycles. The quantitative estimate of drug-likeness (QED) is 0.756. The fourth-order valence-corrected chi connectivity index (χ4v) is 4.55. The van der Waals surface area contributed by atoms with Crippen molar-refractivity contribution in [2.24, 2.45) is 11.1 Å². The Balaban J connectivity index is 0.00000312. The molecule has 7 nitrogen and oxygen atoms in total. The van der Waals surface area contributed by atoms with Gasteiger partial charge in [0.25, 0.3) is 0 Å². The zero-order chi connectivity index (χ0) is 18.0. The molecule has 1 aliphatic heterocycles. The number of carbonyl (C=O) groups is 1. The lowest BCUT2D eigenvalue weighted by molar-refractivity contribution is -0.119. The van der Waals surface area contributed by atoms with Crippen LogP contribution in [-0.4, -0.2) is 45.4 Å². The summed E-state index contributed by atoms with van der Waals surface area (Å²) in [4.78, 5) is 11.2. The number of amides is 1. The van der Waals surface area contributed by atoms with Crippen LogP contribution in [0.5, 0.6) is 5.75 Å². The van der Waals surface area contributed by atoms with E-state index in [9.17, 15) is 13.2 Å². The van der Waals surface area contributed by atoms with E-state index in [1.807, 2.05) is 6.92 Å². The van der Waals surface area contributed by atoms with Crippen LogP contribution in [0.25, 0.3) is 0 Å². The number of sulfonamides is 1. The molecule has 1 aromatic rings. The van der Waals surface area contributed by atoms with Crippen molar-refractivity contribution in [1.29, 1.82) is 0 Å². The first kappa shape index (κ1) is 21.7. The molecule has 1 unspecified atom stereocenters. The first-order valence-electron chi connectivity index (χ1n) is 7.83. The maximum Gasteiger partial charge on any atom is 0.246 e. The van der Waals surface area contributed by atoms with Crippen LogP contribution in [0.2, 0.25) is 0 Å². The Hall–Kier alpha value is -1.35. The summed E-state index contributed by atoms with van der Waals surface area (Å²) >= 11 is 0. The highest BCUT2D eigenvalue weighted by Crippen LogP contribution is 2.35. The molecule has 9 heteroatoms. The maximum atomic E-state index is 13.0. The van der Waals surface area contributed by atoms with Gasteiger partial charge in [0.05, 0.1) is 7.11 Å². The molecule has 25 heavy (non-hydrogen) atoms. The van der Waals surface area contributed by atoms with Crippen LogP contribution in [0.3, 0.4) is 0 Å². The van der Waals surface area contributed by atoms with E-state index in [0.29, 0.717) is 30.9 Å². The minimum atomic E-state index is -3.68. The second kappa shape index (κ2) is 8.35. The van der Waals surface area contributed by atoms with Gasteiger partial charge in [-0.3, -0.25) is 4.79 Å². The highest BCUT2D eigenvalue weighted by Gasteiger charge is 2.40. The molecule has 1 atom stereocenters. The summed E-state index contributed by atoms with van der Waals surface area (Å²) in [6.45, 7) is 4.95. The number of halogens is 1. The average Bonchev–Trinajstić information content (AvgIpc) is 2.96. The third kappa shape index (κ3) is 4.84. The number of ether oxygens (including phenoxy) is 1. The van der Waals surface area contributed by atoms with Crippen molar-refractivity contribution in [2.75, 3.05) is 26.7 Å². The van der Waals surface area contributed by atoms with Gasteiger partial charge in [-0.15, -0.1) is 12.4 Å². The summed E-state index contributed by atoms with van der Waals surface area (Å²) in [6.07, 6.45) is 0.733. The summed E-state index contributed by atoms with van der Waals surface area (Å²) in [6, 6.07) is 4.91. The van der Waals surface area contributed by atoms with Gasteiger partial charge < -0.3 is 15.8 Å². The number of methoxy groups -OCH3 is 1. The number of nitrogens with two attached hydrogens (primary N) is 1. The minimum absolute atomic E-state index is 0. The summed E-state index contributed by atoms with van der Waals surface area (Å²) < 4.78 is 32.7. The lowest BCUT2D eigenvalue weighted by atomic mass is 9.90. The Labute approximate surface area is 155 Å². The van der Waals surface area contributed by atoms with Gasteiger partial charge in [0.1, 0.15) is 10.6 Å². The Morgan fingerprint density at radius 1 is 1.44 bits per heavy atom. The molecular weight excluding hydrogens is 366 g/mol. The van der Waals surface area contributed by atoms with Crippen LogP contribution in [0, 0.1) is 5.41 Å². The summed E-state index contributed by atoms with van der Waals surface area (Å²) in [5, 5.41) is 2.67. The fourth-order valence-electron chi connectivity index (χ4n) is 2.75. The monoisotopic (exact) mass is 391 g/mol. The van der Waals surface area contributed by atoms with Crippen molar-refractivity contribution < 1.29 is 17.9 Å². The zero-order valence-electron chi connectivity index (χ0n) is 14.7. The maximum absolute atomic E-state index is 13.0. The molecule has 0 aromatic heterocycles. The molecule has 142 valence electrons. The summed E-state index contributed by atoms with van der Waals surface area (Å²) in [5.41, 5.74) is 6.27. The van der Waals surface area contributed by atoms with Gasteiger partial charge in [-0.2, -0.15) is 4.31 Å². The highest BCUT2D eigenvalue weighted by atomic mass is 35.5. The van der Waals surface area contributed by atoms with E-state index < -0.39 is 10.0 Å². The predicted octanol–water partition coefficient (Wildman–Crippen LogP) is 1.11. The number of nitrogens with one attached hydrogen (secondary N) is 1. The van der Waals surface area contributed by atoms with Crippen molar-refractivity contribution in [1.82, 2.24) is 9.62 Å². The van der Waals surface area contributed by atoms with E-state index in [0.717, 1.165) is 6.42 Å². The molecule has 0 bridgehead atoms. The molecule has 0 radical (unpaired) electrons. The highest BCUT2D eigenvalue weighted by molar-refractivity contribution is 7.89. The van der Waals surface area contributed by atoms with E-state index in [4.69, 9.17) is 10.5 Å². The van der Waals surface area contributed by atoms with E-state index in [1.54, 1.807) is 18.2 Å². The Morgan fingerprint density at radius 2 is 2.12 bits per heavy atom. The number of benzene rings is 1. The number of nitrogens with zero attached hydrogens (tertiary/aromatic N) is 1. The molecule has 0 spiro atoms. The van der Waals surface area contributed by atoms with Gasteiger partial charge in [0.15, 0.2) is 0 Å². The lowest BCUT2D eigenvalue weighted by Gasteiger charge is -2.23. The van der Waals surface area contributed by atoms with Crippen LogP contribution in [0.4, 0.5) is 0 Å². The van der Waals surface area contributed by atoms with Gasteiger partial charge in [0, 0.05) is 26.6 Å². The van der Waals surface area contributed by atoms with Gasteiger partial charge in [-0.25, -0.2) is 8.42 Å². The molecule has 0 saturated carbocycles. The van der Waals surface area contributed by atoms with E-state index >= 15 is 0 Å². The average molecular weight is 392 g/mol. The Morgan fingerprint density at radius 3 is 2.64 bits per heavy atom. The molecule has 3 N–H and O–H groups in total. The third-order valence-electron chi connectivity index (χ3n) is 4.40. The van der Waals surface area contributed by atoms with Crippen molar-refractivity contribution >= 4 is 28.3 Å². The molecule has 1 amide bonds. The SMILES string of the molecule is COc1ccc(CNC(C)=O)cc1S(=O)(=O)N1CCC(C)(CN)C1.Cl. The van der Waals surface area contributed by atoms with Crippen molar-refractivity contribution in [3.8, 4) is 5.75 Å². The van der Waals surface area contributed by atoms with Gasteiger partial charge in [-0.1, -0.05) is 13.0 Å². The minimum Gasteiger partial charge on any atom is -0.495 e. The third-order valence-corrected chi connectivity index (χ3v) is 6.27. The Bertz CT molecular complexity index is 726. The molecule has 1 aliphatic rings. The predicted molar refractivity (Wildman–Crippen MR) is 98.3 cm³/mol. The largest absolute Gasteiger partial charge is 0.495 e.